The maximum atomic E-state index is 6.25. The van der Waals surface area contributed by atoms with Gasteiger partial charge in [0.25, 0.3) is 0 Å². The summed E-state index contributed by atoms with van der Waals surface area (Å²) in [5, 5.41) is 7.18. The van der Waals surface area contributed by atoms with E-state index in [1.807, 2.05) is 35.6 Å². The van der Waals surface area contributed by atoms with Gasteiger partial charge in [-0.1, -0.05) is 146 Å². The van der Waals surface area contributed by atoms with Crippen molar-refractivity contribution in [3.8, 4) is 44.5 Å². The molecular weight excluding hydrogens is 799 g/mol. The van der Waals surface area contributed by atoms with E-state index < -0.39 is 0 Å². The van der Waals surface area contributed by atoms with Gasteiger partial charge >= 0.3 is 0 Å². The number of benzene rings is 10. The molecule has 0 saturated carbocycles. The lowest BCUT2D eigenvalue weighted by Crippen LogP contribution is -2.09. The molecule has 13 aromatic rings. The van der Waals surface area contributed by atoms with Crippen LogP contribution in [0.3, 0.4) is 0 Å². The Morgan fingerprint density at radius 2 is 0.719 bits per heavy atom. The fourth-order valence-corrected chi connectivity index (χ4v) is 10.8. The van der Waals surface area contributed by atoms with Crippen LogP contribution in [0.1, 0.15) is 0 Å². The summed E-state index contributed by atoms with van der Waals surface area (Å²) in [7, 11) is 0. The molecule has 0 aliphatic heterocycles. The maximum absolute atomic E-state index is 6.25. The average Bonchev–Trinajstić information content (AvgIpc) is 4.06. The Labute approximate surface area is 373 Å². The molecule has 0 radical (unpaired) electrons. The topological polar surface area (TPSA) is 29.5 Å². The molecule has 3 heterocycles. The third kappa shape index (κ3) is 6.03. The van der Waals surface area contributed by atoms with Gasteiger partial charge in [-0.15, -0.1) is 11.3 Å². The Balaban J connectivity index is 0.863. The number of nitrogens with zero attached hydrogens (tertiary/aromatic N) is 1. The SMILES string of the molecule is c1ccc2c(c1)oc1ccc(-c3ccc(-c4ccc(N(c5ccc(-c6cccc7oc8ccccc8c67)cc5)c5ccc(-c6cccc7sc8ccccc8c67)cc5)cc4)cc3)cc12. The van der Waals surface area contributed by atoms with E-state index in [-0.39, 0.29) is 0 Å². The van der Waals surface area contributed by atoms with Crippen LogP contribution in [0, 0.1) is 0 Å². The molecule has 0 aliphatic carbocycles. The summed E-state index contributed by atoms with van der Waals surface area (Å²) in [6.07, 6.45) is 0. The van der Waals surface area contributed by atoms with Crippen LogP contribution >= 0.6 is 11.3 Å². The molecule has 300 valence electrons. The van der Waals surface area contributed by atoms with Crippen molar-refractivity contribution in [1.29, 1.82) is 0 Å². The number of furan rings is 2. The summed E-state index contributed by atoms with van der Waals surface area (Å²) in [5.74, 6) is 0. The van der Waals surface area contributed by atoms with Crippen LogP contribution < -0.4 is 4.90 Å². The number of fused-ring (bicyclic) bond motifs is 9. The van der Waals surface area contributed by atoms with Crippen LogP contribution in [-0.4, -0.2) is 0 Å². The third-order valence-corrected chi connectivity index (χ3v) is 13.9. The van der Waals surface area contributed by atoms with Crippen molar-refractivity contribution in [1.82, 2.24) is 0 Å². The first-order valence-electron chi connectivity index (χ1n) is 21.6. The van der Waals surface area contributed by atoms with E-state index in [2.05, 4.69) is 205 Å². The predicted molar refractivity (Wildman–Crippen MR) is 270 cm³/mol. The van der Waals surface area contributed by atoms with Crippen molar-refractivity contribution < 1.29 is 8.83 Å². The number of rotatable bonds is 7. The first kappa shape index (κ1) is 36.5. The molecule has 13 rings (SSSR count). The summed E-state index contributed by atoms with van der Waals surface area (Å²) in [4.78, 5) is 2.35. The number of thiophene rings is 1. The second-order valence-corrected chi connectivity index (χ2v) is 17.5. The molecule has 0 N–H and O–H groups in total. The van der Waals surface area contributed by atoms with Crippen molar-refractivity contribution in [2.45, 2.75) is 0 Å². The third-order valence-electron chi connectivity index (χ3n) is 12.7. The summed E-state index contributed by atoms with van der Waals surface area (Å²) < 4.78 is 15.0. The first-order chi connectivity index (χ1) is 31.7. The fourth-order valence-electron chi connectivity index (χ4n) is 9.62. The monoisotopic (exact) mass is 835 g/mol. The van der Waals surface area contributed by atoms with Gasteiger partial charge in [-0.2, -0.15) is 0 Å². The van der Waals surface area contributed by atoms with Gasteiger partial charge in [-0.05, 0) is 123 Å². The molecule has 0 bridgehead atoms. The standard InChI is InChI=1S/C60H37NO2S/c1-4-14-53-49(9-1)52-37-43(29-36-55(52)62-53)40-21-19-38(20-22-40)39-23-30-44(31-24-39)61(45-32-25-41(26-33-45)47-12-7-16-56-59(47)50-10-2-5-15-54(50)63-56)46-34-27-42(28-35-46)48-13-8-18-58-60(48)51-11-3-6-17-57(51)64-58/h1-37H. The highest BCUT2D eigenvalue weighted by Crippen LogP contribution is 2.43. The summed E-state index contributed by atoms with van der Waals surface area (Å²) in [6, 6.07) is 80.5. The Kier molecular flexibility index (Phi) is 8.40. The highest BCUT2D eigenvalue weighted by molar-refractivity contribution is 7.25. The van der Waals surface area contributed by atoms with Gasteiger partial charge in [0.15, 0.2) is 0 Å². The lowest BCUT2D eigenvalue weighted by molar-refractivity contribution is 0.668. The predicted octanol–water partition coefficient (Wildman–Crippen LogP) is 18.0. The molecule has 0 atom stereocenters. The van der Waals surface area contributed by atoms with E-state index in [9.17, 15) is 0 Å². The minimum absolute atomic E-state index is 0.898. The molecule has 0 amide bonds. The zero-order valence-electron chi connectivity index (χ0n) is 34.5. The van der Waals surface area contributed by atoms with Gasteiger partial charge in [-0.3, -0.25) is 0 Å². The van der Waals surface area contributed by atoms with Crippen molar-refractivity contribution in [2.75, 3.05) is 4.90 Å². The summed E-state index contributed by atoms with van der Waals surface area (Å²) >= 11 is 1.86. The first-order valence-corrected chi connectivity index (χ1v) is 22.5. The molecule has 4 heteroatoms. The molecule has 0 aliphatic rings. The largest absolute Gasteiger partial charge is 0.456 e. The van der Waals surface area contributed by atoms with E-state index in [0.29, 0.717) is 0 Å². The zero-order valence-corrected chi connectivity index (χ0v) is 35.4. The summed E-state index contributed by atoms with van der Waals surface area (Å²) in [6.45, 7) is 0. The molecule has 0 unspecified atom stereocenters. The van der Waals surface area contributed by atoms with Crippen molar-refractivity contribution in [3.63, 3.8) is 0 Å². The van der Waals surface area contributed by atoms with Crippen LogP contribution in [0.5, 0.6) is 0 Å². The molecule has 3 aromatic heterocycles. The number of hydrogen-bond acceptors (Lipinski definition) is 4. The lowest BCUT2D eigenvalue weighted by atomic mass is 9.98. The molecule has 0 spiro atoms. The molecular formula is C60H37NO2S. The minimum Gasteiger partial charge on any atom is -0.456 e. The van der Waals surface area contributed by atoms with Gasteiger partial charge in [0, 0.05) is 58.8 Å². The molecule has 64 heavy (non-hydrogen) atoms. The maximum Gasteiger partial charge on any atom is 0.136 e. The quantitative estimate of drug-likeness (QED) is 0.160. The van der Waals surface area contributed by atoms with Crippen molar-refractivity contribution in [2.24, 2.45) is 0 Å². The smallest absolute Gasteiger partial charge is 0.136 e. The average molecular weight is 836 g/mol. The summed E-state index contributed by atoms with van der Waals surface area (Å²) in [5.41, 5.74) is 16.3. The molecule has 3 nitrogen and oxygen atoms in total. The lowest BCUT2D eigenvalue weighted by Gasteiger charge is -2.26. The van der Waals surface area contributed by atoms with Crippen LogP contribution in [0.2, 0.25) is 0 Å². The Hall–Kier alpha value is -8.18. The second kappa shape index (κ2) is 14.7. The highest BCUT2D eigenvalue weighted by Gasteiger charge is 2.18. The Morgan fingerprint density at radius 1 is 0.281 bits per heavy atom. The second-order valence-electron chi connectivity index (χ2n) is 16.4. The minimum atomic E-state index is 0.898. The zero-order chi connectivity index (χ0) is 42.1. The number of hydrogen-bond donors (Lipinski definition) is 0. The van der Waals surface area contributed by atoms with E-state index in [1.54, 1.807) is 0 Å². The van der Waals surface area contributed by atoms with Gasteiger partial charge in [0.05, 0.1) is 0 Å². The Bertz CT molecular complexity index is 3720. The molecule has 0 saturated heterocycles. The van der Waals surface area contributed by atoms with Gasteiger partial charge in [0.2, 0.25) is 0 Å². The van der Waals surface area contributed by atoms with Crippen LogP contribution in [0.4, 0.5) is 17.1 Å². The van der Waals surface area contributed by atoms with E-state index in [1.165, 1.54) is 48.0 Å². The van der Waals surface area contributed by atoms with Crippen molar-refractivity contribution >= 4 is 92.4 Å². The van der Waals surface area contributed by atoms with Crippen molar-refractivity contribution in [3.05, 3.63) is 224 Å². The van der Waals surface area contributed by atoms with Crippen LogP contribution in [-0.2, 0) is 0 Å². The van der Waals surface area contributed by atoms with E-state index in [4.69, 9.17) is 8.83 Å². The fraction of sp³-hybridized carbons (Fsp3) is 0. The molecule has 10 aromatic carbocycles. The normalized spacial score (nSPS) is 11.8. The van der Waals surface area contributed by atoms with Crippen LogP contribution in [0.15, 0.2) is 233 Å². The van der Waals surface area contributed by atoms with Gasteiger partial charge < -0.3 is 13.7 Å². The highest BCUT2D eigenvalue weighted by atomic mass is 32.1. The number of anilines is 3. The Morgan fingerprint density at radius 3 is 1.39 bits per heavy atom. The van der Waals surface area contributed by atoms with Crippen LogP contribution in [0.25, 0.3) is 109 Å². The number of para-hydroxylation sites is 2. The van der Waals surface area contributed by atoms with E-state index >= 15 is 0 Å². The van der Waals surface area contributed by atoms with Gasteiger partial charge in [-0.25, -0.2) is 0 Å². The molecule has 0 fully saturated rings. The van der Waals surface area contributed by atoms with Gasteiger partial charge in [0.1, 0.15) is 22.3 Å². The van der Waals surface area contributed by atoms with E-state index in [0.717, 1.165) is 77.6 Å².